The molecule has 0 spiro atoms. The molecule has 1 aromatic heterocycles. The highest BCUT2D eigenvalue weighted by Crippen LogP contribution is 2.40. The lowest BCUT2D eigenvalue weighted by molar-refractivity contribution is -0.138. The van der Waals surface area contributed by atoms with Gasteiger partial charge in [0.25, 0.3) is 5.91 Å². The molecule has 2 heterocycles. The number of hydrogen-bond donors (Lipinski definition) is 2. The van der Waals surface area contributed by atoms with Crippen molar-refractivity contribution in [2.45, 2.75) is 76.0 Å². The van der Waals surface area contributed by atoms with Crippen molar-refractivity contribution in [3.63, 3.8) is 0 Å². The van der Waals surface area contributed by atoms with Crippen LogP contribution >= 0.6 is 0 Å². The molecule has 2 N–H and O–H groups in total. The number of carboxylic acid groups (broad SMARTS) is 1. The summed E-state index contributed by atoms with van der Waals surface area (Å²) in [6.07, 6.45) is 1.00. The molecule has 0 unspecified atom stereocenters. The molecule has 0 radical (unpaired) electrons. The Morgan fingerprint density at radius 2 is 1.81 bits per heavy atom. The Balaban J connectivity index is 1.53. The lowest BCUT2D eigenvalue weighted by atomic mass is 10.0. The molecule has 2 aromatic rings. The first-order chi connectivity index (χ1) is 17.6. The Bertz CT molecular complexity index is 1140. The number of hydrogen-bond acceptors (Lipinski definition) is 4. The molecule has 4 rings (SSSR count). The van der Waals surface area contributed by atoms with E-state index >= 15 is 0 Å². The molecule has 2 amide bonds. The number of unbranched alkanes of at least 4 members (excludes halogenated alkanes) is 1. The van der Waals surface area contributed by atoms with Crippen LogP contribution in [0.25, 0.3) is 11.3 Å². The van der Waals surface area contributed by atoms with Crippen molar-refractivity contribution in [3.05, 3.63) is 41.6 Å². The number of carbonyl (C=O) groups is 3. The number of piperidine rings is 1. The van der Waals surface area contributed by atoms with Crippen LogP contribution < -0.4 is 5.32 Å². The number of aliphatic carboxylic acids is 1. The first-order valence-corrected chi connectivity index (χ1v) is 12.7. The normalized spacial score (nSPS) is 18.8. The molecule has 37 heavy (non-hydrogen) atoms. The van der Waals surface area contributed by atoms with Crippen molar-refractivity contribution in [2.24, 2.45) is 0 Å². The second kappa shape index (κ2) is 11.4. The summed E-state index contributed by atoms with van der Waals surface area (Å²) in [7, 11) is 0. The third-order valence-electron chi connectivity index (χ3n) is 7.05. The van der Waals surface area contributed by atoms with E-state index < -0.39 is 29.7 Å². The summed E-state index contributed by atoms with van der Waals surface area (Å²) >= 11 is 0. The highest BCUT2D eigenvalue weighted by Gasteiger charge is 2.36. The maximum Gasteiger partial charge on any atom is 0.417 e. The fourth-order valence-electron chi connectivity index (χ4n) is 5.19. The van der Waals surface area contributed by atoms with Crippen molar-refractivity contribution >= 4 is 17.8 Å². The Kier molecular flexibility index (Phi) is 8.19. The van der Waals surface area contributed by atoms with Gasteiger partial charge in [-0.1, -0.05) is 31.0 Å². The van der Waals surface area contributed by atoms with Gasteiger partial charge in [0, 0.05) is 25.1 Å². The van der Waals surface area contributed by atoms with E-state index in [0.29, 0.717) is 38.8 Å². The molecule has 1 saturated heterocycles. The quantitative estimate of drug-likeness (QED) is 0.468. The van der Waals surface area contributed by atoms with Gasteiger partial charge in [-0.15, -0.1) is 0 Å². The number of aromatic nitrogens is 2. The Hall–Kier alpha value is -3.37. The smallest absolute Gasteiger partial charge is 0.417 e. The molecule has 2 fully saturated rings. The number of rotatable bonds is 9. The fourth-order valence-corrected chi connectivity index (χ4v) is 5.19. The second-order valence-electron chi connectivity index (χ2n) is 9.69. The first kappa shape index (κ1) is 26.7. The predicted molar refractivity (Wildman–Crippen MR) is 129 cm³/mol. The molecule has 1 aliphatic heterocycles. The molecule has 8 nitrogen and oxygen atoms in total. The Labute approximate surface area is 212 Å². The predicted octanol–water partition coefficient (Wildman–Crippen LogP) is 4.66. The number of alkyl halides is 3. The van der Waals surface area contributed by atoms with Crippen LogP contribution in [0, 0.1) is 0 Å². The van der Waals surface area contributed by atoms with E-state index in [1.54, 1.807) is 9.58 Å². The number of benzene rings is 1. The van der Waals surface area contributed by atoms with Crippen LogP contribution in [0.2, 0.25) is 0 Å². The number of nitrogens with zero attached hydrogens (tertiary/aromatic N) is 3. The number of amides is 2. The molecular formula is C26H31F3N4O4. The van der Waals surface area contributed by atoms with Crippen LogP contribution in [0.4, 0.5) is 13.2 Å². The second-order valence-corrected chi connectivity index (χ2v) is 9.69. The van der Waals surface area contributed by atoms with Gasteiger partial charge in [0.15, 0.2) is 5.69 Å². The zero-order valence-corrected chi connectivity index (χ0v) is 20.5. The number of carbonyl (C=O) groups excluding carboxylic acids is 2. The van der Waals surface area contributed by atoms with Gasteiger partial charge in [0.2, 0.25) is 5.91 Å². The lowest BCUT2D eigenvalue weighted by Crippen LogP contribution is -2.52. The SMILES string of the molecule is O=C(O)CCCCN1CCC[C@H](NC(=O)c2cc(-c3ccccc3C(F)(F)F)n(C3CCCC3)n2)C1=O. The third kappa shape index (κ3) is 6.31. The number of halogens is 3. The van der Waals surface area contributed by atoms with E-state index in [0.717, 1.165) is 31.7 Å². The zero-order chi connectivity index (χ0) is 26.6. The topological polar surface area (TPSA) is 105 Å². The summed E-state index contributed by atoms with van der Waals surface area (Å²) < 4.78 is 42.8. The minimum atomic E-state index is -4.56. The molecule has 2 aliphatic rings. The van der Waals surface area contributed by atoms with E-state index in [-0.39, 0.29) is 35.3 Å². The van der Waals surface area contributed by atoms with Gasteiger partial charge in [-0.3, -0.25) is 19.1 Å². The molecular weight excluding hydrogens is 489 g/mol. The Morgan fingerprint density at radius 1 is 1.08 bits per heavy atom. The average molecular weight is 521 g/mol. The van der Waals surface area contributed by atoms with Crippen molar-refractivity contribution in [2.75, 3.05) is 13.1 Å². The maximum absolute atomic E-state index is 13.8. The minimum Gasteiger partial charge on any atom is -0.481 e. The van der Waals surface area contributed by atoms with Crippen molar-refractivity contribution < 1.29 is 32.7 Å². The highest BCUT2D eigenvalue weighted by molar-refractivity contribution is 5.97. The fraction of sp³-hybridized carbons (Fsp3) is 0.538. The maximum atomic E-state index is 13.8. The minimum absolute atomic E-state index is 0.0229. The van der Waals surface area contributed by atoms with Crippen molar-refractivity contribution in [1.29, 1.82) is 0 Å². The largest absolute Gasteiger partial charge is 0.481 e. The van der Waals surface area contributed by atoms with E-state index in [2.05, 4.69) is 10.4 Å². The van der Waals surface area contributed by atoms with Crippen LogP contribution in [-0.2, 0) is 15.8 Å². The number of nitrogens with one attached hydrogen (secondary N) is 1. The number of likely N-dealkylation sites (tertiary alicyclic amines) is 1. The van der Waals surface area contributed by atoms with Gasteiger partial charge in [-0.2, -0.15) is 18.3 Å². The summed E-state index contributed by atoms with van der Waals surface area (Å²) in [5, 5.41) is 15.9. The van der Waals surface area contributed by atoms with Gasteiger partial charge in [0.05, 0.1) is 17.3 Å². The molecule has 11 heteroatoms. The molecule has 1 atom stereocenters. The van der Waals surface area contributed by atoms with E-state index in [1.165, 1.54) is 24.3 Å². The van der Waals surface area contributed by atoms with Gasteiger partial charge in [-0.05, 0) is 50.7 Å². The van der Waals surface area contributed by atoms with E-state index in [1.807, 2.05) is 0 Å². The van der Waals surface area contributed by atoms with Gasteiger partial charge in [-0.25, -0.2) is 0 Å². The summed E-state index contributed by atoms with van der Waals surface area (Å²) in [5.74, 6) is -1.73. The third-order valence-corrected chi connectivity index (χ3v) is 7.05. The van der Waals surface area contributed by atoms with Crippen LogP contribution in [0.5, 0.6) is 0 Å². The first-order valence-electron chi connectivity index (χ1n) is 12.7. The molecule has 1 aliphatic carbocycles. The number of carboxylic acids is 1. The standard InChI is InChI=1S/C26H31F3N4O4/c27-26(28,29)19-11-4-3-10-18(19)22-16-21(31-33(22)17-8-1-2-9-17)24(36)30-20-12-7-15-32(25(20)37)14-6-5-13-23(34)35/h3-4,10-11,16-17,20H,1-2,5-9,12-15H2,(H,30,36)(H,34,35)/t20-/m0/s1. The van der Waals surface area contributed by atoms with E-state index in [9.17, 15) is 27.6 Å². The summed E-state index contributed by atoms with van der Waals surface area (Å²) in [6, 6.07) is 5.79. The summed E-state index contributed by atoms with van der Waals surface area (Å²) in [5.41, 5.74) is -0.609. The molecule has 1 saturated carbocycles. The monoisotopic (exact) mass is 520 g/mol. The Morgan fingerprint density at radius 3 is 2.51 bits per heavy atom. The van der Waals surface area contributed by atoms with E-state index in [4.69, 9.17) is 5.11 Å². The van der Waals surface area contributed by atoms with Gasteiger partial charge >= 0.3 is 12.1 Å². The van der Waals surface area contributed by atoms with Crippen molar-refractivity contribution in [3.8, 4) is 11.3 Å². The van der Waals surface area contributed by atoms with Crippen LogP contribution in [0.1, 0.15) is 79.9 Å². The van der Waals surface area contributed by atoms with Gasteiger partial charge in [0.1, 0.15) is 6.04 Å². The van der Waals surface area contributed by atoms with Gasteiger partial charge < -0.3 is 15.3 Å². The van der Waals surface area contributed by atoms with Crippen LogP contribution in [0.3, 0.4) is 0 Å². The molecule has 0 bridgehead atoms. The van der Waals surface area contributed by atoms with Crippen LogP contribution in [-0.4, -0.2) is 56.7 Å². The summed E-state index contributed by atoms with van der Waals surface area (Å²) in [6.45, 7) is 0.945. The molecule has 200 valence electrons. The molecule has 1 aromatic carbocycles. The van der Waals surface area contributed by atoms with Crippen molar-refractivity contribution in [1.82, 2.24) is 20.0 Å². The van der Waals surface area contributed by atoms with Crippen LogP contribution in [0.15, 0.2) is 30.3 Å². The zero-order valence-electron chi connectivity index (χ0n) is 20.5. The summed E-state index contributed by atoms with van der Waals surface area (Å²) in [4.78, 5) is 38.4. The average Bonchev–Trinajstić information content (AvgIpc) is 3.53. The highest BCUT2D eigenvalue weighted by atomic mass is 19.4. The lowest BCUT2D eigenvalue weighted by Gasteiger charge is -2.32.